The van der Waals surface area contributed by atoms with Crippen LogP contribution in [0.5, 0.6) is 0 Å². The maximum absolute atomic E-state index is 11.5. The average Bonchev–Trinajstić information content (AvgIpc) is 2.57. The molecule has 0 radical (unpaired) electrons. The number of nitrogens with one attached hydrogen (secondary N) is 1. The van der Waals surface area contributed by atoms with Crippen LogP contribution in [0.15, 0.2) is 0 Å². The number of primary amides is 1. The average molecular weight is 391 g/mol. The van der Waals surface area contributed by atoms with Crippen LogP contribution in [0.3, 0.4) is 0 Å². The SMILES string of the molecule is CCC1(C)OC(C)(COCC(O)CNC(N)=O)C(C)(CC)C(C)(O)C1(C)O. The molecule has 1 saturated heterocycles. The lowest BCUT2D eigenvalue weighted by molar-refractivity contribution is -0.391. The molecular formula is C19H38N2O6. The first-order chi connectivity index (χ1) is 12.1. The Hall–Kier alpha value is -0.930. The number of rotatable bonds is 8. The van der Waals surface area contributed by atoms with Crippen molar-refractivity contribution in [3.8, 4) is 0 Å². The van der Waals surface area contributed by atoms with Gasteiger partial charge in [0.05, 0.1) is 30.5 Å². The zero-order valence-electron chi connectivity index (χ0n) is 17.8. The predicted octanol–water partition coefficient (Wildman–Crippen LogP) is 0.908. The number of hydrogen-bond acceptors (Lipinski definition) is 6. The first-order valence-corrected chi connectivity index (χ1v) is 9.58. The Morgan fingerprint density at radius 2 is 1.63 bits per heavy atom. The van der Waals surface area contributed by atoms with Crippen LogP contribution in [-0.4, -0.2) is 69.6 Å². The molecule has 8 heteroatoms. The van der Waals surface area contributed by atoms with E-state index >= 15 is 0 Å². The van der Waals surface area contributed by atoms with Crippen molar-refractivity contribution in [2.75, 3.05) is 19.8 Å². The van der Waals surface area contributed by atoms with Gasteiger partial charge in [-0.05, 0) is 40.5 Å². The number of ether oxygens (including phenoxy) is 2. The summed E-state index contributed by atoms with van der Waals surface area (Å²) in [5.41, 5.74) is -0.688. The molecule has 1 aliphatic rings. The predicted molar refractivity (Wildman–Crippen MR) is 102 cm³/mol. The lowest BCUT2D eigenvalue weighted by Crippen LogP contribution is -2.81. The number of aliphatic hydroxyl groups is 3. The van der Waals surface area contributed by atoms with Crippen LogP contribution < -0.4 is 11.1 Å². The van der Waals surface area contributed by atoms with Gasteiger partial charge in [0.2, 0.25) is 0 Å². The van der Waals surface area contributed by atoms with E-state index in [1.165, 1.54) is 0 Å². The van der Waals surface area contributed by atoms with E-state index in [0.717, 1.165) is 0 Å². The molecular weight excluding hydrogens is 352 g/mol. The highest BCUT2D eigenvalue weighted by Gasteiger charge is 2.72. The van der Waals surface area contributed by atoms with Crippen molar-refractivity contribution in [3.63, 3.8) is 0 Å². The molecule has 0 aromatic carbocycles. The number of urea groups is 1. The summed E-state index contributed by atoms with van der Waals surface area (Å²) >= 11 is 0. The molecule has 27 heavy (non-hydrogen) atoms. The van der Waals surface area contributed by atoms with Gasteiger partial charge in [0.25, 0.3) is 0 Å². The molecule has 0 aliphatic carbocycles. The van der Waals surface area contributed by atoms with Gasteiger partial charge in [-0.25, -0.2) is 4.79 Å². The molecule has 1 aliphatic heterocycles. The number of hydrogen-bond donors (Lipinski definition) is 5. The number of aliphatic hydroxyl groups excluding tert-OH is 1. The molecule has 1 rings (SSSR count). The molecule has 2 amide bonds. The molecule has 0 saturated carbocycles. The molecule has 0 spiro atoms. The van der Waals surface area contributed by atoms with Crippen LogP contribution in [0, 0.1) is 5.41 Å². The van der Waals surface area contributed by atoms with Gasteiger partial charge in [-0.2, -0.15) is 0 Å². The Balaban J connectivity index is 3.06. The van der Waals surface area contributed by atoms with Gasteiger partial charge >= 0.3 is 6.03 Å². The minimum Gasteiger partial charge on any atom is -0.389 e. The van der Waals surface area contributed by atoms with Gasteiger partial charge < -0.3 is 35.8 Å². The van der Waals surface area contributed by atoms with Crippen molar-refractivity contribution in [3.05, 3.63) is 0 Å². The van der Waals surface area contributed by atoms with Gasteiger partial charge in [-0.15, -0.1) is 0 Å². The van der Waals surface area contributed by atoms with E-state index in [0.29, 0.717) is 12.8 Å². The molecule has 1 fully saturated rings. The van der Waals surface area contributed by atoms with Crippen LogP contribution in [-0.2, 0) is 9.47 Å². The molecule has 8 nitrogen and oxygen atoms in total. The second kappa shape index (κ2) is 7.83. The Morgan fingerprint density at radius 3 is 2.07 bits per heavy atom. The number of carbonyl (C=O) groups excluding carboxylic acids is 1. The lowest BCUT2D eigenvalue weighted by Gasteiger charge is -2.68. The molecule has 1 heterocycles. The summed E-state index contributed by atoms with van der Waals surface area (Å²) in [5, 5.41) is 35.0. The fraction of sp³-hybridized carbons (Fsp3) is 0.947. The van der Waals surface area contributed by atoms with Gasteiger partial charge in [0, 0.05) is 12.0 Å². The van der Waals surface area contributed by atoms with Crippen molar-refractivity contribution >= 4 is 6.03 Å². The van der Waals surface area contributed by atoms with E-state index in [1.807, 2.05) is 27.7 Å². The highest BCUT2D eigenvalue weighted by Crippen LogP contribution is 2.60. The summed E-state index contributed by atoms with van der Waals surface area (Å²) in [4.78, 5) is 10.7. The number of amides is 2. The van der Waals surface area contributed by atoms with Gasteiger partial charge in [-0.1, -0.05) is 20.8 Å². The standard InChI is InChI=1S/C19H38N2O6/c1-8-15(3)17(5,12-26-11-13(22)10-21-14(20)23)27-16(4,9-2)19(7,25)18(15,6)24/h13,22,24-25H,8-12H2,1-7H3,(H3,20,21,23). The maximum Gasteiger partial charge on any atom is 0.312 e. The summed E-state index contributed by atoms with van der Waals surface area (Å²) in [6.07, 6.45) is 0.122. The Labute approximate surface area is 162 Å². The van der Waals surface area contributed by atoms with E-state index < -0.39 is 40.0 Å². The fourth-order valence-electron chi connectivity index (χ4n) is 4.27. The summed E-state index contributed by atoms with van der Waals surface area (Å²) in [7, 11) is 0. The molecule has 6 N–H and O–H groups in total. The Morgan fingerprint density at radius 1 is 1.07 bits per heavy atom. The summed E-state index contributed by atoms with van der Waals surface area (Å²) in [5.74, 6) is 0. The monoisotopic (exact) mass is 390 g/mol. The van der Waals surface area contributed by atoms with Crippen molar-refractivity contribution < 1.29 is 29.6 Å². The largest absolute Gasteiger partial charge is 0.389 e. The Kier molecular flexibility index (Phi) is 6.99. The zero-order chi connectivity index (χ0) is 21.3. The third-order valence-electron chi connectivity index (χ3n) is 7.25. The molecule has 160 valence electrons. The second-order valence-corrected chi connectivity index (χ2v) is 8.66. The van der Waals surface area contributed by atoms with Crippen molar-refractivity contribution in [2.24, 2.45) is 11.1 Å². The van der Waals surface area contributed by atoms with Gasteiger partial charge in [0.1, 0.15) is 11.2 Å². The fourth-order valence-corrected chi connectivity index (χ4v) is 4.27. The molecule has 0 bridgehead atoms. The van der Waals surface area contributed by atoms with Crippen molar-refractivity contribution in [2.45, 2.75) is 89.8 Å². The first kappa shape index (κ1) is 24.1. The van der Waals surface area contributed by atoms with Crippen LogP contribution in [0.1, 0.15) is 61.3 Å². The van der Waals surface area contributed by atoms with E-state index in [-0.39, 0.29) is 19.8 Å². The van der Waals surface area contributed by atoms with Crippen molar-refractivity contribution in [1.82, 2.24) is 5.32 Å². The summed E-state index contributed by atoms with van der Waals surface area (Å²) in [6, 6.07) is -0.716. The molecule has 0 aromatic rings. The zero-order valence-corrected chi connectivity index (χ0v) is 17.8. The van der Waals surface area contributed by atoms with Crippen molar-refractivity contribution in [1.29, 1.82) is 0 Å². The third-order valence-corrected chi connectivity index (χ3v) is 7.25. The van der Waals surface area contributed by atoms with Gasteiger partial charge in [-0.3, -0.25) is 0 Å². The quantitative estimate of drug-likeness (QED) is 0.418. The number of carbonyl (C=O) groups is 1. The van der Waals surface area contributed by atoms with E-state index in [4.69, 9.17) is 15.2 Å². The summed E-state index contributed by atoms with van der Waals surface area (Å²) < 4.78 is 12.1. The molecule has 0 aromatic heterocycles. The molecule has 6 atom stereocenters. The lowest BCUT2D eigenvalue weighted by atomic mass is 9.51. The van der Waals surface area contributed by atoms with Crippen LogP contribution >= 0.6 is 0 Å². The highest BCUT2D eigenvalue weighted by molar-refractivity contribution is 5.71. The van der Waals surface area contributed by atoms with E-state index in [1.54, 1.807) is 20.8 Å². The normalized spacial score (nSPS) is 43.3. The Bertz CT molecular complexity index is 540. The topological polar surface area (TPSA) is 134 Å². The van der Waals surface area contributed by atoms with Crippen LogP contribution in [0.25, 0.3) is 0 Å². The van der Waals surface area contributed by atoms with Crippen LogP contribution in [0.2, 0.25) is 0 Å². The second-order valence-electron chi connectivity index (χ2n) is 8.66. The number of nitrogens with two attached hydrogens (primary N) is 1. The minimum absolute atomic E-state index is 0.0168. The summed E-state index contributed by atoms with van der Waals surface area (Å²) in [6.45, 7) is 12.7. The smallest absolute Gasteiger partial charge is 0.312 e. The van der Waals surface area contributed by atoms with Gasteiger partial charge in [0.15, 0.2) is 0 Å². The third kappa shape index (κ3) is 3.82. The first-order valence-electron chi connectivity index (χ1n) is 9.58. The van der Waals surface area contributed by atoms with E-state index in [9.17, 15) is 20.1 Å². The highest BCUT2D eigenvalue weighted by atomic mass is 16.6. The van der Waals surface area contributed by atoms with E-state index in [2.05, 4.69) is 5.32 Å². The molecule has 6 unspecified atom stereocenters. The minimum atomic E-state index is -1.48. The van der Waals surface area contributed by atoms with Crippen LogP contribution in [0.4, 0.5) is 4.79 Å². The maximum atomic E-state index is 11.5.